The summed E-state index contributed by atoms with van der Waals surface area (Å²) in [6.07, 6.45) is -0.106. The smallest absolute Gasteiger partial charge is 0.272 e. The molecular formula is C19H25N3O2. The van der Waals surface area contributed by atoms with Crippen LogP contribution in [0.25, 0.3) is 0 Å². The highest BCUT2D eigenvalue weighted by atomic mass is 16.5. The van der Waals surface area contributed by atoms with Crippen molar-refractivity contribution in [2.45, 2.75) is 52.4 Å². The van der Waals surface area contributed by atoms with Crippen LogP contribution < -0.4 is 0 Å². The molecule has 0 bridgehead atoms. The fraction of sp³-hybridized carbons (Fsp3) is 0.474. The second-order valence-corrected chi connectivity index (χ2v) is 6.45. The van der Waals surface area contributed by atoms with Crippen LogP contribution in [0.15, 0.2) is 36.4 Å². The maximum Gasteiger partial charge on any atom is 0.272 e. The largest absolute Gasteiger partial charge is 0.369 e. The van der Waals surface area contributed by atoms with Gasteiger partial charge in [-0.2, -0.15) is 5.10 Å². The maximum absolute atomic E-state index is 13.2. The van der Waals surface area contributed by atoms with Gasteiger partial charge in [-0.1, -0.05) is 30.3 Å². The summed E-state index contributed by atoms with van der Waals surface area (Å²) in [7, 11) is 0. The number of hydrogen-bond acceptors (Lipinski definition) is 3. The quantitative estimate of drug-likeness (QED) is 0.870. The number of amides is 1. The normalized spacial score (nSPS) is 24.2. The molecular weight excluding hydrogens is 302 g/mol. The first-order valence-corrected chi connectivity index (χ1v) is 8.56. The number of hydrogen-bond donors (Lipinski definition) is 0. The van der Waals surface area contributed by atoms with Crippen LogP contribution in [0.1, 0.15) is 48.6 Å². The third kappa shape index (κ3) is 2.96. The maximum atomic E-state index is 13.2. The second kappa shape index (κ2) is 6.77. The zero-order chi connectivity index (χ0) is 17.3. The minimum atomic E-state index is -0.106. The van der Waals surface area contributed by atoms with E-state index >= 15 is 0 Å². The number of nitrogens with zero attached hydrogens (tertiary/aromatic N) is 3. The lowest BCUT2D eigenvalue weighted by Gasteiger charge is -2.43. The number of carbonyl (C=O) groups is 1. The van der Waals surface area contributed by atoms with Crippen LogP contribution in [-0.4, -0.2) is 39.3 Å². The zero-order valence-corrected chi connectivity index (χ0v) is 14.8. The Morgan fingerprint density at radius 3 is 2.67 bits per heavy atom. The van der Waals surface area contributed by atoms with E-state index in [1.54, 1.807) is 4.68 Å². The molecule has 2 heterocycles. The molecule has 0 saturated carbocycles. The van der Waals surface area contributed by atoms with Crippen LogP contribution >= 0.6 is 0 Å². The van der Waals surface area contributed by atoms with Gasteiger partial charge in [0.1, 0.15) is 11.8 Å². The van der Waals surface area contributed by atoms with Gasteiger partial charge >= 0.3 is 0 Å². The summed E-state index contributed by atoms with van der Waals surface area (Å²) in [5.41, 5.74) is 2.63. The van der Waals surface area contributed by atoms with Crippen LogP contribution in [0.3, 0.4) is 0 Å². The van der Waals surface area contributed by atoms with E-state index in [9.17, 15) is 4.79 Å². The van der Waals surface area contributed by atoms with Crippen LogP contribution in [-0.2, 0) is 11.3 Å². The third-order valence-electron chi connectivity index (χ3n) is 4.65. The molecule has 5 nitrogen and oxygen atoms in total. The van der Waals surface area contributed by atoms with E-state index in [-0.39, 0.29) is 24.1 Å². The van der Waals surface area contributed by atoms with E-state index in [0.717, 1.165) is 11.3 Å². The van der Waals surface area contributed by atoms with Crippen molar-refractivity contribution in [3.05, 3.63) is 53.3 Å². The van der Waals surface area contributed by atoms with Crippen molar-refractivity contribution in [1.82, 2.24) is 14.7 Å². The van der Waals surface area contributed by atoms with Gasteiger partial charge < -0.3 is 9.64 Å². The number of benzene rings is 1. The molecule has 2 aromatic rings. The molecule has 1 aliphatic rings. The number of aryl methyl sites for hydroxylation is 2. The Balaban J connectivity index is 1.91. The van der Waals surface area contributed by atoms with Crippen molar-refractivity contribution in [3.63, 3.8) is 0 Å². The molecule has 1 saturated heterocycles. The molecule has 0 spiro atoms. The topological polar surface area (TPSA) is 47.4 Å². The molecule has 0 unspecified atom stereocenters. The van der Waals surface area contributed by atoms with Gasteiger partial charge in [-0.25, -0.2) is 0 Å². The highest BCUT2D eigenvalue weighted by molar-refractivity contribution is 5.93. The Hall–Kier alpha value is -2.14. The van der Waals surface area contributed by atoms with Crippen molar-refractivity contribution < 1.29 is 9.53 Å². The van der Waals surface area contributed by atoms with Crippen LogP contribution in [0.4, 0.5) is 0 Å². The molecule has 0 aliphatic carbocycles. The van der Waals surface area contributed by atoms with Gasteiger partial charge in [0.25, 0.3) is 5.91 Å². The Kier molecular flexibility index (Phi) is 4.71. The molecule has 5 heteroatoms. The molecule has 128 valence electrons. The van der Waals surface area contributed by atoms with Crippen molar-refractivity contribution in [2.24, 2.45) is 0 Å². The highest BCUT2D eigenvalue weighted by Gasteiger charge is 2.38. The van der Waals surface area contributed by atoms with Gasteiger partial charge in [-0.05, 0) is 39.3 Å². The van der Waals surface area contributed by atoms with E-state index in [1.807, 2.05) is 49.9 Å². The minimum absolute atomic E-state index is 0.0293. The summed E-state index contributed by atoms with van der Waals surface area (Å²) in [5, 5.41) is 4.41. The van der Waals surface area contributed by atoms with Gasteiger partial charge in [0.05, 0.1) is 24.4 Å². The van der Waals surface area contributed by atoms with Crippen molar-refractivity contribution in [3.8, 4) is 0 Å². The Morgan fingerprint density at radius 2 is 2.00 bits per heavy atom. The molecule has 1 aromatic heterocycles. The fourth-order valence-electron chi connectivity index (χ4n) is 3.50. The van der Waals surface area contributed by atoms with Crippen LogP contribution in [0.2, 0.25) is 0 Å². The molecule has 1 amide bonds. The monoisotopic (exact) mass is 327 g/mol. The van der Waals surface area contributed by atoms with Gasteiger partial charge in [-0.15, -0.1) is 0 Å². The Morgan fingerprint density at radius 1 is 1.29 bits per heavy atom. The van der Waals surface area contributed by atoms with Crippen molar-refractivity contribution in [2.75, 3.05) is 6.61 Å². The molecule has 3 rings (SSSR count). The summed E-state index contributed by atoms with van der Waals surface area (Å²) in [6, 6.07) is 12.0. The van der Waals surface area contributed by atoms with Crippen molar-refractivity contribution >= 4 is 5.91 Å². The molecule has 0 radical (unpaired) electrons. The number of aromatic nitrogens is 2. The molecule has 1 aromatic carbocycles. The standard InChI is InChI=1S/C19H25N3O2/c1-5-21-17(11-13(2)20-21)19(23)22-14(3)12-24-18(15(22)4)16-9-7-6-8-10-16/h6-11,14-15,18H,5,12H2,1-4H3/t14-,15-,18+/m1/s1. The fourth-order valence-corrected chi connectivity index (χ4v) is 3.50. The number of carbonyl (C=O) groups excluding carboxylic acids is 1. The number of morpholine rings is 1. The van der Waals surface area contributed by atoms with Gasteiger partial charge in [0, 0.05) is 6.54 Å². The highest BCUT2D eigenvalue weighted by Crippen LogP contribution is 2.32. The first kappa shape index (κ1) is 16.7. The predicted octanol–water partition coefficient (Wildman–Crippen LogP) is 3.20. The first-order valence-electron chi connectivity index (χ1n) is 8.56. The average Bonchev–Trinajstić information content (AvgIpc) is 2.96. The first-order chi connectivity index (χ1) is 11.5. The third-order valence-corrected chi connectivity index (χ3v) is 4.65. The minimum Gasteiger partial charge on any atom is -0.369 e. The SMILES string of the molecule is CCn1nc(C)cc1C(=O)N1[C@H](C)CO[C@H](c2ccccc2)[C@H]1C. The van der Waals surface area contributed by atoms with E-state index in [1.165, 1.54) is 0 Å². The summed E-state index contributed by atoms with van der Waals surface area (Å²) in [4.78, 5) is 15.1. The lowest BCUT2D eigenvalue weighted by atomic mass is 9.98. The summed E-state index contributed by atoms with van der Waals surface area (Å²) >= 11 is 0. The Labute approximate surface area is 143 Å². The van der Waals surface area contributed by atoms with Gasteiger partial charge in [0.2, 0.25) is 0 Å². The van der Waals surface area contributed by atoms with Gasteiger partial charge in [0.15, 0.2) is 0 Å². The molecule has 24 heavy (non-hydrogen) atoms. The van der Waals surface area contributed by atoms with E-state index in [0.29, 0.717) is 18.8 Å². The Bertz CT molecular complexity index is 711. The second-order valence-electron chi connectivity index (χ2n) is 6.45. The van der Waals surface area contributed by atoms with E-state index in [2.05, 4.69) is 24.2 Å². The summed E-state index contributed by atoms with van der Waals surface area (Å²) in [6.45, 7) is 9.24. The van der Waals surface area contributed by atoms with Crippen LogP contribution in [0, 0.1) is 6.92 Å². The van der Waals surface area contributed by atoms with Crippen molar-refractivity contribution in [1.29, 1.82) is 0 Å². The summed E-state index contributed by atoms with van der Waals surface area (Å²) in [5.74, 6) is 0.0293. The lowest BCUT2D eigenvalue weighted by Crippen LogP contribution is -2.54. The molecule has 0 N–H and O–H groups in total. The zero-order valence-electron chi connectivity index (χ0n) is 14.8. The summed E-state index contributed by atoms with van der Waals surface area (Å²) < 4.78 is 7.83. The van der Waals surface area contributed by atoms with Crippen LogP contribution in [0.5, 0.6) is 0 Å². The van der Waals surface area contributed by atoms with Gasteiger partial charge in [-0.3, -0.25) is 9.48 Å². The van der Waals surface area contributed by atoms with E-state index < -0.39 is 0 Å². The molecule has 3 atom stereocenters. The lowest BCUT2D eigenvalue weighted by molar-refractivity contribution is -0.0809. The predicted molar refractivity (Wildman–Crippen MR) is 92.9 cm³/mol. The average molecular weight is 327 g/mol. The van der Waals surface area contributed by atoms with E-state index in [4.69, 9.17) is 4.74 Å². The molecule has 1 aliphatic heterocycles. The number of ether oxygens (including phenoxy) is 1. The molecule has 1 fully saturated rings. The number of rotatable bonds is 3.